The second-order valence-corrected chi connectivity index (χ2v) is 8.56. The van der Waals surface area contributed by atoms with E-state index in [1.807, 2.05) is 29.2 Å². The maximum Gasteiger partial charge on any atom is 0.253 e. The zero-order valence-corrected chi connectivity index (χ0v) is 18.6. The highest BCUT2D eigenvalue weighted by Gasteiger charge is 2.26. The minimum atomic E-state index is 0.159. The maximum absolute atomic E-state index is 12.7. The number of rotatable bonds is 5. The SMILES string of the molecule is CCNC(=NCc1ccc(C(=O)N2CCCCC2)cc1)N1CCC(c2ccccc2)C1. The molecule has 1 atom stereocenters. The molecule has 5 nitrogen and oxygen atoms in total. The van der Waals surface area contributed by atoms with Crippen LogP contribution in [0, 0.1) is 0 Å². The molecule has 2 heterocycles. The van der Waals surface area contributed by atoms with Crippen molar-refractivity contribution >= 4 is 11.9 Å². The molecular formula is C26H34N4O. The van der Waals surface area contributed by atoms with Gasteiger partial charge in [-0.3, -0.25) is 4.79 Å². The van der Waals surface area contributed by atoms with Crippen molar-refractivity contribution in [3.8, 4) is 0 Å². The Kier molecular flexibility index (Phi) is 7.23. The van der Waals surface area contributed by atoms with Gasteiger partial charge in [0.05, 0.1) is 6.54 Å². The molecule has 5 heteroatoms. The summed E-state index contributed by atoms with van der Waals surface area (Å²) in [5.74, 6) is 1.70. The molecule has 0 radical (unpaired) electrons. The Bertz CT molecular complexity index is 872. The number of nitrogens with zero attached hydrogens (tertiary/aromatic N) is 3. The van der Waals surface area contributed by atoms with Crippen LogP contribution >= 0.6 is 0 Å². The number of benzene rings is 2. The molecule has 31 heavy (non-hydrogen) atoms. The Morgan fingerprint density at radius 1 is 0.968 bits per heavy atom. The smallest absolute Gasteiger partial charge is 0.253 e. The minimum absolute atomic E-state index is 0.159. The van der Waals surface area contributed by atoms with E-state index in [1.54, 1.807) is 0 Å². The van der Waals surface area contributed by atoms with E-state index >= 15 is 0 Å². The van der Waals surface area contributed by atoms with Crippen LogP contribution in [0.3, 0.4) is 0 Å². The van der Waals surface area contributed by atoms with Crippen LogP contribution in [0.25, 0.3) is 0 Å². The monoisotopic (exact) mass is 418 g/mol. The lowest BCUT2D eigenvalue weighted by atomic mass is 9.99. The Balaban J connectivity index is 1.38. The third-order valence-corrected chi connectivity index (χ3v) is 6.35. The summed E-state index contributed by atoms with van der Waals surface area (Å²) in [7, 11) is 0. The zero-order chi connectivity index (χ0) is 21.5. The second kappa shape index (κ2) is 10.5. The molecule has 0 aliphatic carbocycles. The van der Waals surface area contributed by atoms with Crippen LogP contribution in [0.2, 0.25) is 0 Å². The van der Waals surface area contributed by atoms with Gasteiger partial charge in [0.2, 0.25) is 0 Å². The first-order valence-electron chi connectivity index (χ1n) is 11.7. The average Bonchev–Trinajstić information content (AvgIpc) is 3.33. The average molecular weight is 419 g/mol. The normalized spacial score (nSPS) is 19.5. The first-order valence-corrected chi connectivity index (χ1v) is 11.7. The molecule has 2 aromatic carbocycles. The fourth-order valence-corrected chi connectivity index (χ4v) is 4.57. The first kappa shape index (κ1) is 21.4. The van der Waals surface area contributed by atoms with E-state index in [1.165, 1.54) is 12.0 Å². The molecule has 2 aliphatic rings. The summed E-state index contributed by atoms with van der Waals surface area (Å²) < 4.78 is 0. The van der Waals surface area contributed by atoms with Gasteiger partial charge in [-0.05, 0) is 55.9 Å². The van der Waals surface area contributed by atoms with Crippen molar-refractivity contribution in [1.29, 1.82) is 0 Å². The standard InChI is InChI=1S/C26H34N4O/c1-2-27-26(30-18-15-24(20-30)22-9-5-3-6-10-22)28-19-21-11-13-23(14-12-21)25(31)29-16-7-4-8-17-29/h3,5-6,9-14,24H,2,4,7-8,15-20H2,1H3,(H,27,28). The van der Waals surface area contributed by atoms with Gasteiger partial charge in [0.15, 0.2) is 5.96 Å². The molecule has 1 N–H and O–H groups in total. The predicted molar refractivity (Wildman–Crippen MR) is 126 cm³/mol. The summed E-state index contributed by atoms with van der Waals surface area (Å²) in [6.07, 6.45) is 4.63. The van der Waals surface area contributed by atoms with Gasteiger partial charge in [-0.15, -0.1) is 0 Å². The van der Waals surface area contributed by atoms with Crippen LogP contribution in [-0.4, -0.2) is 54.4 Å². The van der Waals surface area contributed by atoms with E-state index in [0.717, 1.165) is 69.1 Å². The van der Waals surface area contributed by atoms with Crippen molar-refractivity contribution in [2.45, 2.75) is 45.1 Å². The fraction of sp³-hybridized carbons (Fsp3) is 0.462. The fourth-order valence-electron chi connectivity index (χ4n) is 4.57. The van der Waals surface area contributed by atoms with Crippen LogP contribution in [0.1, 0.15) is 60.0 Å². The molecule has 1 unspecified atom stereocenters. The van der Waals surface area contributed by atoms with Crippen molar-refractivity contribution in [3.63, 3.8) is 0 Å². The molecule has 164 valence electrons. The summed E-state index contributed by atoms with van der Waals surface area (Å²) in [5.41, 5.74) is 3.32. The molecular weight excluding hydrogens is 384 g/mol. The number of hydrogen-bond donors (Lipinski definition) is 1. The van der Waals surface area contributed by atoms with Gasteiger partial charge >= 0.3 is 0 Å². The molecule has 0 aromatic heterocycles. The molecule has 2 aromatic rings. The number of hydrogen-bond acceptors (Lipinski definition) is 2. The van der Waals surface area contributed by atoms with E-state index < -0.39 is 0 Å². The predicted octanol–water partition coefficient (Wildman–Crippen LogP) is 4.27. The number of nitrogens with one attached hydrogen (secondary N) is 1. The number of amides is 1. The lowest BCUT2D eigenvalue weighted by Crippen LogP contribution is -2.40. The molecule has 4 rings (SSSR count). The second-order valence-electron chi connectivity index (χ2n) is 8.56. The lowest BCUT2D eigenvalue weighted by molar-refractivity contribution is 0.0724. The molecule has 0 saturated carbocycles. The largest absolute Gasteiger partial charge is 0.357 e. The number of carbonyl (C=O) groups excluding carboxylic acids is 1. The van der Waals surface area contributed by atoms with Gasteiger partial charge in [0, 0.05) is 44.2 Å². The lowest BCUT2D eigenvalue weighted by Gasteiger charge is -2.26. The van der Waals surface area contributed by atoms with Gasteiger partial charge in [-0.2, -0.15) is 0 Å². The van der Waals surface area contributed by atoms with Crippen molar-refractivity contribution < 1.29 is 4.79 Å². The van der Waals surface area contributed by atoms with Crippen LogP contribution in [0.15, 0.2) is 59.6 Å². The Hall–Kier alpha value is -2.82. The van der Waals surface area contributed by atoms with E-state index in [4.69, 9.17) is 4.99 Å². The van der Waals surface area contributed by atoms with Crippen LogP contribution in [0.4, 0.5) is 0 Å². The summed E-state index contributed by atoms with van der Waals surface area (Å²) in [5, 5.41) is 3.45. The van der Waals surface area contributed by atoms with E-state index in [0.29, 0.717) is 12.5 Å². The zero-order valence-electron chi connectivity index (χ0n) is 18.6. The first-order chi connectivity index (χ1) is 15.2. The highest BCUT2D eigenvalue weighted by molar-refractivity contribution is 5.94. The third-order valence-electron chi connectivity index (χ3n) is 6.35. The summed E-state index contributed by atoms with van der Waals surface area (Å²) in [6.45, 7) is 7.38. The third kappa shape index (κ3) is 5.46. The number of piperidine rings is 1. The number of aliphatic imine (C=N–C) groups is 1. The van der Waals surface area contributed by atoms with Gasteiger partial charge < -0.3 is 15.1 Å². The van der Waals surface area contributed by atoms with Crippen molar-refractivity contribution in [3.05, 3.63) is 71.3 Å². The van der Waals surface area contributed by atoms with Gasteiger partial charge in [-0.1, -0.05) is 42.5 Å². The van der Waals surface area contributed by atoms with E-state index in [2.05, 4.69) is 47.5 Å². The Morgan fingerprint density at radius 3 is 2.42 bits per heavy atom. The van der Waals surface area contributed by atoms with Crippen molar-refractivity contribution in [1.82, 2.24) is 15.1 Å². The summed E-state index contributed by atoms with van der Waals surface area (Å²) in [4.78, 5) is 21.9. The minimum Gasteiger partial charge on any atom is -0.357 e. The van der Waals surface area contributed by atoms with Gasteiger partial charge in [0.1, 0.15) is 0 Å². The van der Waals surface area contributed by atoms with Crippen LogP contribution < -0.4 is 5.32 Å². The maximum atomic E-state index is 12.7. The van der Waals surface area contributed by atoms with Gasteiger partial charge in [0.25, 0.3) is 5.91 Å². The Labute approximate surface area is 186 Å². The molecule has 1 amide bonds. The number of likely N-dealkylation sites (tertiary alicyclic amines) is 2. The number of carbonyl (C=O) groups is 1. The number of guanidine groups is 1. The molecule has 0 bridgehead atoms. The molecule has 2 saturated heterocycles. The molecule has 2 fully saturated rings. The quantitative estimate of drug-likeness (QED) is 0.583. The van der Waals surface area contributed by atoms with Crippen molar-refractivity contribution in [2.24, 2.45) is 4.99 Å². The van der Waals surface area contributed by atoms with Crippen molar-refractivity contribution in [2.75, 3.05) is 32.7 Å². The summed E-state index contributed by atoms with van der Waals surface area (Å²) in [6, 6.07) is 18.8. The Morgan fingerprint density at radius 2 is 1.71 bits per heavy atom. The van der Waals surface area contributed by atoms with Crippen LogP contribution in [-0.2, 0) is 6.54 Å². The van der Waals surface area contributed by atoms with Crippen LogP contribution in [0.5, 0.6) is 0 Å². The van der Waals surface area contributed by atoms with E-state index in [-0.39, 0.29) is 5.91 Å². The highest BCUT2D eigenvalue weighted by atomic mass is 16.2. The molecule has 2 aliphatic heterocycles. The highest BCUT2D eigenvalue weighted by Crippen LogP contribution is 2.27. The molecule has 0 spiro atoms. The van der Waals surface area contributed by atoms with E-state index in [9.17, 15) is 4.79 Å². The topological polar surface area (TPSA) is 47.9 Å². The summed E-state index contributed by atoms with van der Waals surface area (Å²) >= 11 is 0. The van der Waals surface area contributed by atoms with Gasteiger partial charge in [-0.25, -0.2) is 4.99 Å².